The van der Waals surface area contributed by atoms with E-state index >= 15 is 0 Å². The predicted molar refractivity (Wildman–Crippen MR) is 222 cm³/mol. The molecule has 3 heteroatoms. The minimum atomic E-state index is -0.137. The van der Waals surface area contributed by atoms with Crippen molar-refractivity contribution < 1.29 is 4.74 Å². The highest BCUT2D eigenvalue weighted by Gasteiger charge is 2.41. The summed E-state index contributed by atoms with van der Waals surface area (Å²) < 4.78 is 6.69. The molecule has 258 valence electrons. The van der Waals surface area contributed by atoms with Crippen LogP contribution in [0.15, 0.2) is 158 Å². The van der Waals surface area contributed by atoms with Gasteiger partial charge in [-0.05, 0) is 122 Å². The summed E-state index contributed by atoms with van der Waals surface area (Å²) in [7, 11) is 0. The van der Waals surface area contributed by atoms with E-state index in [1.165, 1.54) is 55.5 Å². The van der Waals surface area contributed by atoms with Crippen LogP contribution in [-0.4, -0.2) is 4.98 Å². The molecule has 0 saturated heterocycles. The van der Waals surface area contributed by atoms with Crippen LogP contribution in [0, 0.1) is 0 Å². The molecule has 1 aliphatic heterocycles. The summed E-state index contributed by atoms with van der Waals surface area (Å²) in [6, 6.07) is 55.1. The van der Waals surface area contributed by atoms with Crippen molar-refractivity contribution in [3.05, 3.63) is 180 Å². The van der Waals surface area contributed by atoms with Crippen LogP contribution < -0.4 is 9.64 Å². The topological polar surface area (TPSA) is 25.4 Å². The third-order valence-corrected chi connectivity index (χ3v) is 12.3. The van der Waals surface area contributed by atoms with Crippen molar-refractivity contribution in [2.45, 2.75) is 38.5 Å². The molecule has 2 aliphatic carbocycles. The molecule has 2 heterocycles. The van der Waals surface area contributed by atoms with Crippen LogP contribution in [0.3, 0.4) is 0 Å². The second-order valence-corrected chi connectivity index (χ2v) is 16.0. The molecule has 0 fully saturated rings. The molecule has 0 bridgehead atoms. The average Bonchev–Trinajstić information content (AvgIpc) is 3.57. The molecule has 0 amide bonds. The maximum atomic E-state index is 6.69. The zero-order valence-electron chi connectivity index (χ0n) is 30.8. The van der Waals surface area contributed by atoms with Gasteiger partial charge in [-0.25, -0.2) is 0 Å². The maximum Gasteiger partial charge on any atom is 0.152 e. The van der Waals surface area contributed by atoms with E-state index in [0.717, 1.165) is 50.8 Å². The molecular weight excluding hydrogens is 657 g/mol. The standard InChI is InChI=1S/C51H38N2O/c1-50(2)41-17-8-7-16-37(41)39-29-44-40(30-43(39)50)38-22-20-32(27-42(38)51(44,3)4)33-21-23-46-48(28-33)54-47-19-10-9-18-45(47)53(46)35-14-11-13-34(26-35)49-36-15-6-5-12-31(36)24-25-52-49/h5-30H,1-4H3. The zero-order valence-corrected chi connectivity index (χ0v) is 30.8. The first-order valence-electron chi connectivity index (χ1n) is 18.9. The number of rotatable bonds is 3. The molecule has 1 aromatic heterocycles. The second kappa shape index (κ2) is 11.0. The Morgan fingerprint density at radius 1 is 0.463 bits per heavy atom. The van der Waals surface area contributed by atoms with Gasteiger partial charge in [0.25, 0.3) is 0 Å². The fourth-order valence-corrected chi connectivity index (χ4v) is 9.47. The normalized spacial score (nSPS) is 15.1. The minimum Gasteiger partial charge on any atom is -0.453 e. The van der Waals surface area contributed by atoms with E-state index in [1.54, 1.807) is 0 Å². The van der Waals surface area contributed by atoms with E-state index in [0.29, 0.717) is 0 Å². The van der Waals surface area contributed by atoms with Crippen molar-refractivity contribution in [2.24, 2.45) is 0 Å². The molecule has 0 spiro atoms. The highest BCUT2D eigenvalue weighted by Crippen LogP contribution is 2.57. The third-order valence-electron chi connectivity index (χ3n) is 12.3. The first-order valence-corrected chi connectivity index (χ1v) is 18.9. The number of ether oxygens (including phenoxy) is 1. The van der Waals surface area contributed by atoms with Gasteiger partial charge in [0.1, 0.15) is 0 Å². The van der Waals surface area contributed by atoms with Crippen LogP contribution >= 0.6 is 0 Å². The molecule has 8 aromatic rings. The highest BCUT2D eigenvalue weighted by atomic mass is 16.5. The Morgan fingerprint density at radius 2 is 1.13 bits per heavy atom. The Morgan fingerprint density at radius 3 is 2.00 bits per heavy atom. The Hall–Kier alpha value is -6.45. The number of para-hydroxylation sites is 2. The van der Waals surface area contributed by atoms with Crippen LogP contribution in [0.25, 0.3) is 55.4 Å². The van der Waals surface area contributed by atoms with Crippen molar-refractivity contribution in [2.75, 3.05) is 4.90 Å². The van der Waals surface area contributed by atoms with E-state index in [9.17, 15) is 0 Å². The summed E-state index contributed by atoms with van der Waals surface area (Å²) in [5.74, 6) is 1.67. The van der Waals surface area contributed by atoms with Crippen molar-refractivity contribution >= 4 is 27.8 Å². The molecule has 0 N–H and O–H groups in total. The van der Waals surface area contributed by atoms with Gasteiger partial charge in [-0.1, -0.05) is 119 Å². The Labute approximate surface area is 316 Å². The summed E-state index contributed by atoms with van der Waals surface area (Å²) in [5.41, 5.74) is 18.3. The van der Waals surface area contributed by atoms with E-state index < -0.39 is 0 Å². The number of hydrogen-bond acceptors (Lipinski definition) is 3. The van der Waals surface area contributed by atoms with E-state index in [1.807, 2.05) is 12.3 Å². The van der Waals surface area contributed by atoms with Crippen molar-refractivity contribution in [1.82, 2.24) is 4.98 Å². The van der Waals surface area contributed by atoms with Gasteiger partial charge in [0.15, 0.2) is 11.5 Å². The summed E-state index contributed by atoms with van der Waals surface area (Å²) in [6.07, 6.45) is 1.90. The van der Waals surface area contributed by atoms with E-state index in [2.05, 4.69) is 178 Å². The van der Waals surface area contributed by atoms with Crippen LogP contribution in [0.1, 0.15) is 49.9 Å². The molecule has 3 nitrogen and oxygen atoms in total. The molecule has 0 radical (unpaired) electrons. The Bertz CT molecular complexity index is 2880. The third kappa shape index (κ3) is 4.33. The van der Waals surface area contributed by atoms with E-state index in [-0.39, 0.29) is 10.8 Å². The molecular formula is C51H38N2O. The van der Waals surface area contributed by atoms with Gasteiger partial charge in [-0.15, -0.1) is 0 Å². The van der Waals surface area contributed by atoms with Gasteiger partial charge in [0.05, 0.1) is 17.1 Å². The number of hydrogen-bond donors (Lipinski definition) is 0. The lowest BCUT2D eigenvalue weighted by Crippen LogP contribution is -2.17. The molecule has 0 unspecified atom stereocenters. The largest absolute Gasteiger partial charge is 0.453 e. The van der Waals surface area contributed by atoms with Gasteiger partial charge >= 0.3 is 0 Å². The number of pyridine rings is 1. The molecule has 0 atom stereocenters. The Kier molecular flexibility index (Phi) is 6.36. The van der Waals surface area contributed by atoms with Gasteiger partial charge in [-0.2, -0.15) is 0 Å². The van der Waals surface area contributed by atoms with Gasteiger partial charge in [0, 0.05) is 33.7 Å². The van der Waals surface area contributed by atoms with Gasteiger partial charge in [-0.3, -0.25) is 4.98 Å². The van der Waals surface area contributed by atoms with Crippen LogP contribution in [0.2, 0.25) is 0 Å². The summed E-state index contributed by atoms with van der Waals surface area (Å²) in [4.78, 5) is 7.15. The zero-order chi connectivity index (χ0) is 36.3. The average molecular weight is 695 g/mol. The second-order valence-electron chi connectivity index (χ2n) is 16.0. The fraction of sp³-hybridized carbons (Fsp3) is 0.118. The van der Waals surface area contributed by atoms with Crippen LogP contribution in [0.5, 0.6) is 11.5 Å². The predicted octanol–water partition coefficient (Wildman–Crippen LogP) is 13.8. The lowest BCUT2D eigenvalue weighted by atomic mass is 9.79. The van der Waals surface area contributed by atoms with E-state index in [4.69, 9.17) is 9.72 Å². The summed E-state index contributed by atoms with van der Waals surface area (Å²) >= 11 is 0. The first kappa shape index (κ1) is 31.1. The lowest BCUT2D eigenvalue weighted by molar-refractivity contribution is 0.477. The minimum absolute atomic E-state index is 0.0302. The fourth-order valence-electron chi connectivity index (χ4n) is 9.47. The molecule has 3 aliphatic rings. The van der Waals surface area contributed by atoms with Crippen molar-refractivity contribution in [3.8, 4) is 56.1 Å². The number of anilines is 3. The smallest absolute Gasteiger partial charge is 0.152 e. The van der Waals surface area contributed by atoms with Gasteiger partial charge < -0.3 is 9.64 Å². The molecule has 11 rings (SSSR count). The van der Waals surface area contributed by atoms with Crippen molar-refractivity contribution in [3.63, 3.8) is 0 Å². The number of fused-ring (bicyclic) bond motifs is 9. The SMILES string of the molecule is CC1(C)c2ccccc2-c2cc3c(cc21)-c1ccc(-c2ccc4c(c2)Oc2ccccc2N4c2cccc(-c4nccc5ccccc45)c2)cc1C3(C)C. The maximum absolute atomic E-state index is 6.69. The molecule has 54 heavy (non-hydrogen) atoms. The highest BCUT2D eigenvalue weighted by molar-refractivity contribution is 5.96. The van der Waals surface area contributed by atoms with Crippen LogP contribution in [0.4, 0.5) is 17.1 Å². The quantitative estimate of drug-likeness (QED) is 0.184. The number of aromatic nitrogens is 1. The molecule has 0 saturated carbocycles. The monoisotopic (exact) mass is 694 g/mol. The van der Waals surface area contributed by atoms with Gasteiger partial charge in [0.2, 0.25) is 0 Å². The summed E-state index contributed by atoms with van der Waals surface area (Å²) in [5, 5.41) is 2.32. The first-order chi connectivity index (χ1) is 26.3. The number of benzene rings is 7. The lowest BCUT2D eigenvalue weighted by Gasteiger charge is -2.33. The summed E-state index contributed by atoms with van der Waals surface area (Å²) in [6.45, 7) is 9.49. The van der Waals surface area contributed by atoms with Crippen LogP contribution in [-0.2, 0) is 10.8 Å². The molecule has 7 aromatic carbocycles. The Balaban J connectivity index is 0.996. The van der Waals surface area contributed by atoms with Crippen molar-refractivity contribution in [1.29, 1.82) is 0 Å². The number of nitrogens with zero attached hydrogens (tertiary/aromatic N) is 2.